The summed E-state index contributed by atoms with van der Waals surface area (Å²) in [5.41, 5.74) is 3.54. The summed E-state index contributed by atoms with van der Waals surface area (Å²) in [5.74, 6) is -0.598. The number of carbonyl (C=O) groups excluding carboxylic acids is 2. The van der Waals surface area contributed by atoms with Gasteiger partial charge in [0, 0.05) is 0 Å². The van der Waals surface area contributed by atoms with Gasteiger partial charge in [0.2, 0.25) is 11.8 Å². The number of benzene rings is 2. The zero-order chi connectivity index (χ0) is 16.6. The molecule has 5 heteroatoms. The molecule has 0 aliphatic carbocycles. The Hall–Kier alpha value is -2.53. The fourth-order valence-electron chi connectivity index (χ4n) is 2.50. The van der Waals surface area contributed by atoms with Crippen LogP contribution in [-0.2, 0) is 9.59 Å². The predicted octanol–water partition coefficient (Wildman–Crippen LogP) is 3.36. The molecule has 23 heavy (non-hydrogen) atoms. The minimum Gasteiger partial charge on any atom is -0.273 e. The second kappa shape index (κ2) is 5.93. The molecule has 1 heterocycles. The number of rotatable bonds is 2. The molecular weight excluding hydrogens is 308 g/mol. The average molecular weight is 324 g/mol. The number of amides is 2. The minimum absolute atomic E-state index is 0.193. The van der Waals surface area contributed by atoms with E-state index in [4.69, 9.17) is 12.2 Å². The first-order valence-corrected chi connectivity index (χ1v) is 7.71. The Morgan fingerprint density at radius 2 is 1.09 bits per heavy atom. The Labute approximate surface area is 140 Å². The Balaban J connectivity index is 2.00. The van der Waals surface area contributed by atoms with E-state index in [1.807, 2.05) is 62.4 Å². The van der Waals surface area contributed by atoms with Gasteiger partial charge in [-0.05, 0) is 50.3 Å². The number of nitrogens with zero attached hydrogens (tertiary/aromatic N) is 2. The summed E-state index contributed by atoms with van der Waals surface area (Å²) >= 11 is 5.44. The molecule has 0 unspecified atom stereocenters. The predicted molar refractivity (Wildman–Crippen MR) is 94.5 cm³/mol. The minimum atomic E-state index is -0.299. The van der Waals surface area contributed by atoms with E-state index in [-0.39, 0.29) is 23.3 Å². The van der Waals surface area contributed by atoms with E-state index in [1.54, 1.807) is 0 Å². The van der Waals surface area contributed by atoms with Crippen molar-refractivity contribution in [1.29, 1.82) is 0 Å². The third-order valence-electron chi connectivity index (χ3n) is 3.77. The Morgan fingerprint density at radius 1 is 0.739 bits per heavy atom. The van der Waals surface area contributed by atoms with Crippen LogP contribution in [0.3, 0.4) is 0 Å². The molecule has 0 spiro atoms. The number of aryl methyl sites for hydroxylation is 2. The number of hydrogen-bond acceptors (Lipinski definition) is 3. The van der Waals surface area contributed by atoms with Crippen LogP contribution < -0.4 is 9.80 Å². The van der Waals surface area contributed by atoms with Crippen LogP contribution in [0.15, 0.2) is 48.5 Å². The van der Waals surface area contributed by atoms with Gasteiger partial charge < -0.3 is 0 Å². The molecule has 2 amide bonds. The molecule has 1 aliphatic heterocycles. The van der Waals surface area contributed by atoms with Gasteiger partial charge in [0.1, 0.15) is 6.42 Å². The molecular formula is C18H16N2O2S. The first-order chi connectivity index (χ1) is 11.0. The van der Waals surface area contributed by atoms with Gasteiger partial charge in [-0.15, -0.1) is 0 Å². The van der Waals surface area contributed by atoms with Crippen LogP contribution in [0.5, 0.6) is 0 Å². The summed E-state index contributed by atoms with van der Waals surface area (Å²) in [6.45, 7) is 3.95. The largest absolute Gasteiger partial charge is 0.273 e. The van der Waals surface area contributed by atoms with Gasteiger partial charge in [-0.3, -0.25) is 19.4 Å². The third kappa shape index (κ3) is 2.87. The summed E-state index contributed by atoms with van der Waals surface area (Å²) in [5, 5.41) is 0.193. The van der Waals surface area contributed by atoms with Crippen molar-refractivity contribution in [2.75, 3.05) is 9.80 Å². The van der Waals surface area contributed by atoms with Gasteiger partial charge >= 0.3 is 0 Å². The molecule has 0 aromatic heterocycles. The van der Waals surface area contributed by atoms with Crippen LogP contribution in [0.4, 0.5) is 11.4 Å². The van der Waals surface area contributed by atoms with Crippen molar-refractivity contribution in [3.05, 3.63) is 59.7 Å². The van der Waals surface area contributed by atoms with Crippen molar-refractivity contribution in [1.82, 2.24) is 0 Å². The summed E-state index contributed by atoms with van der Waals surface area (Å²) in [6, 6.07) is 15.0. The lowest BCUT2D eigenvalue weighted by Crippen LogP contribution is -2.55. The Kier molecular flexibility index (Phi) is 3.96. The fourth-order valence-corrected chi connectivity index (χ4v) is 2.91. The van der Waals surface area contributed by atoms with Crippen molar-refractivity contribution in [3.8, 4) is 0 Å². The first kappa shape index (κ1) is 15.4. The molecule has 116 valence electrons. The SMILES string of the molecule is Cc1ccc(N2C(=O)CC(=O)N(c3ccc(C)cc3)C2=S)cc1. The molecule has 0 radical (unpaired) electrons. The molecule has 0 saturated carbocycles. The molecule has 1 aliphatic rings. The molecule has 0 bridgehead atoms. The van der Waals surface area contributed by atoms with Crippen molar-refractivity contribution in [2.45, 2.75) is 20.3 Å². The average Bonchev–Trinajstić information content (AvgIpc) is 2.50. The second-order valence-electron chi connectivity index (χ2n) is 5.59. The fraction of sp³-hybridized carbons (Fsp3) is 0.167. The standard InChI is InChI=1S/C18H16N2O2S/c1-12-3-7-14(8-4-12)19-16(21)11-17(22)20(18(19)23)15-9-5-13(2)6-10-15/h3-10H,11H2,1-2H3. The highest BCUT2D eigenvalue weighted by molar-refractivity contribution is 7.81. The van der Waals surface area contributed by atoms with E-state index in [0.717, 1.165) is 11.1 Å². The van der Waals surface area contributed by atoms with E-state index in [0.29, 0.717) is 11.4 Å². The topological polar surface area (TPSA) is 40.6 Å². The van der Waals surface area contributed by atoms with E-state index in [2.05, 4.69) is 0 Å². The first-order valence-electron chi connectivity index (χ1n) is 7.30. The lowest BCUT2D eigenvalue weighted by molar-refractivity contribution is -0.126. The van der Waals surface area contributed by atoms with Crippen molar-refractivity contribution in [3.63, 3.8) is 0 Å². The Bertz CT molecular complexity index is 716. The number of carbonyl (C=O) groups is 2. The van der Waals surface area contributed by atoms with Crippen LogP contribution in [0.25, 0.3) is 0 Å². The van der Waals surface area contributed by atoms with Crippen molar-refractivity contribution >= 4 is 40.5 Å². The molecule has 4 nitrogen and oxygen atoms in total. The summed E-state index contributed by atoms with van der Waals surface area (Å²) in [6.07, 6.45) is -0.193. The number of hydrogen-bond donors (Lipinski definition) is 0. The zero-order valence-electron chi connectivity index (χ0n) is 12.9. The highest BCUT2D eigenvalue weighted by Gasteiger charge is 2.36. The molecule has 0 atom stereocenters. The van der Waals surface area contributed by atoms with Gasteiger partial charge in [-0.25, -0.2) is 0 Å². The van der Waals surface area contributed by atoms with Gasteiger partial charge in [0.15, 0.2) is 5.11 Å². The van der Waals surface area contributed by atoms with Gasteiger partial charge in [-0.1, -0.05) is 35.4 Å². The van der Waals surface area contributed by atoms with Gasteiger partial charge in [0.25, 0.3) is 0 Å². The molecule has 0 N–H and O–H groups in total. The number of anilines is 2. The van der Waals surface area contributed by atoms with Crippen LogP contribution in [0, 0.1) is 13.8 Å². The summed E-state index contributed by atoms with van der Waals surface area (Å²) in [4.78, 5) is 27.5. The molecule has 1 fully saturated rings. The quantitative estimate of drug-likeness (QED) is 0.628. The molecule has 3 rings (SSSR count). The lowest BCUT2D eigenvalue weighted by Gasteiger charge is -2.35. The number of thiocarbonyl (C=S) groups is 1. The van der Waals surface area contributed by atoms with E-state index in [9.17, 15) is 9.59 Å². The Morgan fingerprint density at radius 3 is 1.43 bits per heavy atom. The van der Waals surface area contributed by atoms with E-state index in [1.165, 1.54) is 9.80 Å². The van der Waals surface area contributed by atoms with Crippen LogP contribution in [0.2, 0.25) is 0 Å². The van der Waals surface area contributed by atoms with Crippen molar-refractivity contribution in [2.24, 2.45) is 0 Å². The zero-order valence-corrected chi connectivity index (χ0v) is 13.8. The van der Waals surface area contributed by atoms with E-state index < -0.39 is 0 Å². The molecule has 1 saturated heterocycles. The monoisotopic (exact) mass is 324 g/mol. The second-order valence-corrected chi connectivity index (χ2v) is 5.95. The van der Waals surface area contributed by atoms with Crippen LogP contribution in [0.1, 0.15) is 17.5 Å². The lowest BCUT2D eigenvalue weighted by atomic mass is 10.1. The summed E-state index contributed by atoms with van der Waals surface area (Å²) < 4.78 is 0. The maximum atomic E-state index is 12.3. The third-order valence-corrected chi connectivity index (χ3v) is 4.13. The highest BCUT2D eigenvalue weighted by Crippen LogP contribution is 2.26. The summed E-state index contributed by atoms with van der Waals surface area (Å²) in [7, 11) is 0. The van der Waals surface area contributed by atoms with Gasteiger partial charge in [-0.2, -0.15) is 0 Å². The molecule has 2 aromatic carbocycles. The van der Waals surface area contributed by atoms with Gasteiger partial charge in [0.05, 0.1) is 11.4 Å². The maximum absolute atomic E-state index is 12.3. The van der Waals surface area contributed by atoms with Crippen LogP contribution >= 0.6 is 12.2 Å². The molecule has 2 aromatic rings. The van der Waals surface area contributed by atoms with Crippen molar-refractivity contribution < 1.29 is 9.59 Å². The normalized spacial score (nSPS) is 15.3. The van der Waals surface area contributed by atoms with Crippen LogP contribution in [-0.4, -0.2) is 16.9 Å². The highest BCUT2D eigenvalue weighted by atomic mass is 32.1. The smallest absolute Gasteiger partial charge is 0.242 e. The van der Waals surface area contributed by atoms with E-state index >= 15 is 0 Å². The maximum Gasteiger partial charge on any atom is 0.242 e.